The number of pyridine rings is 2. The summed E-state index contributed by atoms with van der Waals surface area (Å²) in [5.74, 6) is 0.543. The van der Waals surface area contributed by atoms with Gasteiger partial charge in [-0.15, -0.1) is 0 Å². The Labute approximate surface area is 149 Å². The number of amides is 1. The van der Waals surface area contributed by atoms with Gasteiger partial charge < -0.3 is 10.4 Å². The van der Waals surface area contributed by atoms with E-state index in [1.54, 1.807) is 18.6 Å². The van der Waals surface area contributed by atoms with E-state index in [4.69, 9.17) is 4.98 Å². The van der Waals surface area contributed by atoms with Crippen LogP contribution in [-0.4, -0.2) is 55.7 Å². The molecule has 1 atom stereocenters. The molecular weight excluding hydrogens is 332 g/mol. The zero-order chi connectivity index (χ0) is 18.1. The minimum Gasteiger partial charge on any atom is -0.465 e. The Kier molecular flexibility index (Phi) is 4.18. The zero-order valence-electron chi connectivity index (χ0n) is 14.3. The lowest BCUT2D eigenvalue weighted by Crippen LogP contribution is -2.48. The molecule has 132 valence electrons. The van der Waals surface area contributed by atoms with Gasteiger partial charge in [-0.3, -0.25) is 14.9 Å². The number of nitrogens with zero attached hydrogens (tertiary/aromatic N) is 5. The number of carbonyl (C=O) groups is 1. The van der Waals surface area contributed by atoms with Gasteiger partial charge >= 0.3 is 6.09 Å². The van der Waals surface area contributed by atoms with Crippen molar-refractivity contribution in [3.63, 3.8) is 0 Å². The lowest BCUT2D eigenvalue weighted by molar-refractivity contribution is 0.111. The smallest absolute Gasteiger partial charge is 0.407 e. The third-order valence-corrected chi connectivity index (χ3v) is 4.57. The molecule has 0 saturated carbocycles. The van der Waals surface area contributed by atoms with Crippen LogP contribution in [0.3, 0.4) is 0 Å². The molecule has 1 amide bonds. The third-order valence-electron chi connectivity index (χ3n) is 4.57. The predicted octanol–water partition coefficient (Wildman–Crippen LogP) is 2.02. The maximum absolute atomic E-state index is 11.7. The van der Waals surface area contributed by atoms with E-state index in [1.165, 1.54) is 4.90 Å². The summed E-state index contributed by atoms with van der Waals surface area (Å²) in [5.41, 5.74) is 3.05. The molecular formula is C18H18N6O2. The predicted molar refractivity (Wildman–Crippen MR) is 95.6 cm³/mol. The second-order valence-electron chi connectivity index (χ2n) is 6.16. The summed E-state index contributed by atoms with van der Waals surface area (Å²) in [7, 11) is 0. The largest absolute Gasteiger partial charge is 0.465 e. The van der Waals surface area contributed by atoms with Gasteiger partial charge in [-0.1, -0.05) is 0 Å². The van der Waals surface area contributed by atoms with Gasteiger partial charge in [0.25, 0.3) is 0 Å². The molecule has 0 spiro atoms. The van der Waals surface area contributed by atoms with Crippen LogP contribution in [0.15, 0.2) is 36.8 Å². The van der Waals surface area contributed by atoms with Crippen LogP contribution < -0.4 is 5.32 Å². The number of hydrogen-bond donors (Lipinski definition) is 2. The summed E-state index contributed by atoms with van der Waals surface area (Å²) < 4.78 is 0. The number of aryl methyl sites for hydroxylation is 1. The van der Waals surface area contributed by atoms with Crippen molar-refractivity contribution in [2.75, 3.05) is 19.6 Å². The number of aromatic nitrogens is 4. The van der Waals surface area contributed by atoms with Gasteiger partial charge in [0.2, 0.25) is 0 Å². The molecule has 0 bridgehead atoms. The highest BCUT2D eigenvalue weighted by atomic mass is 16.4. The van der Waals surface area contributed by atoms with Gasteiger partial charge in [-0.25, -0.2) is 14.8 Å². The highest BCUT2D eigenvalue weighted by Gasteiger charge is 2.31. The highest BCUT2D eigenvalue weighted by molar-refractivity contribution is 5.85. The molecule has 3 aromatic rings. The van der Waals surface area contributed by atoms with E-state index in [2.05, 4.69) is 20.3 Å². The molecule has 4 heterocycles. The third kappa shape index (κ3) is 2.84. The van der Waals surface area contributed by atoms with E-state index in [1.807, 2.05) is 25.1 Å². The fraction of sp³-hybridized carbons (Fsp3) is 0.278. The van der Waals surface area contributed by atoms with Crippen LogP contribution in [0, 0.1) is 6.92 Å². The topological polar surface area (TPSA) is 104 Å². The molecule has 4 rings (SSSR count). The average molecular weight is 350 g/mol. The Morgan fingerprint density at radius 2 is 2.04 bits per heavy atom. The zero-order valence-corrected chi connectivity index (χ0v) is 14.3. The molecule has 26 heavy (non-hydrogen) atoms. The average Bonchev–Trinajstić information content (AvgIpc) is 2.68. The fourth-order valence-corrected chi connectivity index (χ4v) is 3.27. The van der Waals surface area contributed by atoms with Gasteiger partial charge in [0.1, 0.15) is 0 Å². The molecule has 8 heteroatoms. The molecule has 1 unspecified atom stereocenters. The minimum atomic E-state index is -0.945. The van der Waals surface area contributed by atoms with E-state index in [9.17, 15) is 9.90 Å². The lowest BCUT2D eigenvalue weighted by Gasteiger charge is -2.34. The van der Waals surface area contributed by atoms with Crippen molar-refractivity contribution in [2.45, 2.75) is 13.0 Å². The van der Waals surface area contributed by atoms with Crippen molar-refractivity contribution in [1.82, 2.24) is 30.2 Å². The van der Waals surface area contributed by atoms with Gasteiger partial charge in [0.15, 0.2) is 5.82 Å². The second kappa shape index (κ2) is 6.64. The lowest BCUT2D eigenvalue weighted by atomic mass is 10.0. The molecule has 1 aliphatic heterocycles. The fourth-order valence-electron chi connectivity index (χ4n) is 3.27. The number of hydrogen-bond acceptors (Lipinski definition) is 6. The molecule has 2 N–H and O–H groups in total. The second-order valence-corrected chi connectivity index (χ2v) is 6.16. The van der Waals surface area contributed by atoms with Crippen molar-refractivity contribution in [1.29, 1.82) is 0 Å². The Morgan fingerprint density at radius 3 is 2.81 bits per heavy atom. The maximum atomic E-state index is 11.7. The van der Waals surface area contributed by atoms with Gasteiger partial charge in [0, 0.05) is 49.2 Å². The molecule has 1 saturated heterocycles. The van der Waals surface area contributed by atoms with Gasteiger partial charge in [0.05, 0.1) is 22.9 Å². The first-order valence-electron chi connectivity index (χ1n) is 8.39. The van der Waals surface area contributed by atoms with Gasteiger partial charge in [-0.2, -0.15) is 0 Å². The maximum Gasteiger partial charge on any atom is 0.407 e. The molecule has 3 aromatic heterocycles. The number of piperazine rings is 1. The number of fused-ring (bicyclic) bond motifs is 1. The summed E-state index contributed by atoms with van der Waals surface area (Å²) >= 11 is 0. The molecule has 1 fully saturated rings. The highest BCUT2D eigenvalue weighted by Crippen LogP contribution is 2.30. The number of carboxylic acid groups (broad SMARTS) is 1. The number of rotatable bonds is 2. The standard InChI is InChI=1S/C18H18N6O2/c1-11-15-13(4-7-21-11)16(14-10-20-8-9-24(14)18(25)26)23-17(22-15)12-2-5-19-6-3-12/h2-7,14,20H,8-10H2,1H3,(H,25,26). The van der Waals surface area contributed by atoms with Crippen LogP contribution in [0.2, 0.25) is 0 Å². The van der Waals surface area contributed by atoms with Crippen molar-refractivity contribution >= 4 is 17.0 Å². The SMILES string of the molecule is Cc1nccc2c(C3CNCCN3C(=O)O)nc(-c3ccncc3)nc12. The Balaban J connectivity index is 1.95. The first-order valence-corrected chi connectivity index (χ1v) is 8.39. The Hall–Kier alpha value is -3.13. The van der Waals surface area contributed by atoms with E-state index < -0.39 is 6.09 Å². The normalized spacial score (nSPS) is 17.4. The van der Waals surface area contributed by atoms with Crippen molar-refractivity contribution in [3.8, 4) is 11.4 Å². The van der Waals surface area contributed by atoms with Crippen LogP contribution in [0.1, 0.15) is 17.4 Å². The van der Waals surface area contributed by atoms with Crippen LogP contribution in [0.25, 0.3) is 22.3 Å². The van der Waals surface area contributed by atoms with Crippen molar-refractivity contribution in [2.24, 2.45) is 0 Å². The minimum absolute atomic E-state index is 0.380. The summed E-state index contributed by atoms with van der Waals surface area (Å²) in [6.07, 6.45) is 4.13. The molecule has 0 radical (unpaired) electrons. The van der Waals surface area contributed by atoms with Crippen molar-refractivity contribution in [3.05, 3.63) is 48.2 Å². The molecule has 8 nitrogen and oxygen atoms in total. The first-order chi connectivity index (χ1) is 12.6. The molecule has 0 aromatic carbocycles. The van der Waals surface area contributed by atoms with Gasteiger partial charge in [-0.05, 0) is 25.1 Å². The quantitative estimate of drug-likeness (QED) is 0.728. The van der Waals surface area contributed by atoms with E-state index in [0.29, 0.717) is 31.2 Å². The van der Waals surface area contributed by atoms with Crippen LogP contribution in [0.5, 0.6) is 0 Å². The molecule has 0 aliphatic carbocycles. The Bertz CT molecular complexity index is 963. The number of nitrogens with one attached hydrogen (secondary N) is 1. The van der Waals surface area contributed by atoms with E-state index in [0.717, 1.165) is 22.2 Å². The van der Waals surface area contributed by atoms with E-state index >= 15 is 0 Å². The summed E-state index contributed by atoms with van der Waals surface area (Å²) in [4.78, 5) is 31.0. The van der Waals surface area contributed by atoms with Crippen LogP contribution in [0.4, 0.5) is 4.79 Å². The van der Waals surface area contributed by atoms with Crippen LogP contribution in [-0.2, 0) is 0 Å². The summed E-state index contributed by atoms with van der Waals surface area (Å²) in [6.45, 7) is 3.45. The van der Waals surface area contributed by atoms with Crippen LogP contribution >= 0.6 is 0 Å². The summed E-state index contributed by atoms with van der Waals surface area (Å²) in [6, 6.07) is 5.15. The van der Waals surface area contributed by atoms with E-state index in [-0.39, 0.29) is 6.04 Å². The Morgan fingerprint density at radius 1 is 1.23 bits per heavy atom. The summed E-state index contributed by atoms with van der Waals surface area (Å²) in [5, 5.41) is 13.7. The monoisotopic (exact) mass is 350 g/mol. The van der Waals surface area contributed by atoms with Crippen molar-refractivity contribution < 1.29 is 9.90 Å². The molecule has 1 aliphatic rings. The first kappa shape index (κ1) is 16.3.